The van der Waals surface area contributed by atoms with Crippen LogP contribution in [0.1, 0.15) is 20.3 Å². The van der Waals surface area contributed by atoms with Crippen LogP contribution < -0.4 is 5.32 Å². The van der Waals surface area contributed by atoms with Gasteiger partial charge in [0, 0.05) is 12.6 Å². The minimum atomic E-state index is -0.244. The molecule has 1 fully saturated rings. The van der Waals surface area contributed by atoms with Crippen LogP contribution in [0.25, 0.3) is 0 Å². The second-order valence-electron chi connectivity index (χ2n) is 3.98. The Bertz CT molecular complexity index is 258. The maximum Gasteiger partial charge on any atom is 0.324 e. The van der Waals surface area contributed by atoms with Gasteiger partial charge in [-0.25, -0.2) is 4.79 Å². The van der Waals surface area contributed by atoms with E-state index < -0.39 is 0 Å². The first-order valence-electron chi connectivity index (χ1n) is 5.16. The number of nitrogens with one attached hydrogen (secondary N) is 1. The van der Waals surface area contributed by atoms with Gasteiger partial charge in [0.05, 0.1) is 5.92 Å². The summed E-state index contributed by atoms with van der Waals surface area (Å²) in [6, 6.07) is -0.0419. The highest BCUT2D eigenvalue weighted by Gasteiger charge is 2.31. The number of hydrogen-bond donors (Lipinski definition) is 1. The van der Waals surface area contributed by atoms with Gasteiger partial charge in [-0.05, 0) is 25.4 Å². The van der Waals surface area contributed by atoms with Gasteiger partial charge in [-0.1, -0.05) is 6.92 Å². The maximum absolute atomic E-state index is 11.5. The van der Waals surface area contributed by atoms with Gasteiger partial charge in [0.15, 0.2) is 0 Å². The SMILES string of the molecule is CSCCC(C)N1CC(C)C(=O)NC1=O. The highest BCUT2D eigenvalue weighted by atomic mass is 32.2. The van der Waals surface area contributed by atoms with E-state index in [0.717, 1.165) is 12.2 Å². The van der Waals surface area contributed by atoms with Gasteiger partial charge >= 0.3 is 6.03 Å². The molecule has 0 bridgehead atoms. The van der Waals surface area contributed by atoms with Gasteiger partial charge in [0.1, 0.15) is 0 Å². The van der Waals surface area contributed by atoms with Crippen LogP contribution >= 0.6 is 11.8 Å². The third-order valence-electron chi connectivity index (χ3n) is 2.68. The topological polar surface area (TPSA) is 49.4 Å². The second-order valence-corrected chi connectivity index (χ2v) is 4.96. The molecule has 4 nitrogen and oxygen atoms in total. The summed E-state index contributed by atoms with van der Waals surface area (Å²) in [5.41, 5.74) is 0. The summed E-state index contributed by atoms with van der Waals surface area (Å²) < 4.78 is 0. The lowest BCUT2D eigenvalue weighted by molar-refractivity contribution is -0.125. The van der Waals surface area contributed by atoms with E-state index in [9.17, 15) is 9.59 Å². The zero-order valence-electron chi connectivity index (χ0n) is 9.45. The summed E-state index contributed by atoms with van der Waals surface area (Å²) in [6.07, 6.45) is 3.02. The van der Waals surface area contributed by atoms with Crippen LogP contribution in [-0.4, -0.2) is 41.4 Å². The highest BCUT2D eigenvalue weighted by Crippen LogP contribution is 2.14. The van der Waals surface area contributed by atoms with E-state index in [-0.39, 0.29) is 23.9 Å². The molecule has 0 aromatic rings. The predicted octanol–water partition coefficient (Wildman–Crippen LogP) is 1.32. The fraction of sp³-hybridized carbons (Fsp3) is 0.800. The van der Waals surface area contributed by atoms with Crippen LogP contribution in [-0.2, 0) is 4.79 Å². The molecule has 0 aromatic heterocycles. The van der Waals surface area contributed by atoms with Crippen molar-refractivity contribution in [3.8, 4) is 0 Å². The van der Waals surface area contributed by atoms with Crippen molar-refractivity contribution in [3.63, 3.8) is 0 Å². The van der Waals surface area contributed by atoms with Gasteiger partial charge in [-0.2, -0.15) is 11.8 Å². The first-order chi connectivity index (χ1) is 7.06. The molecule has 0 saturated carbocycles. The van der Waals surface area contributed by atoms with E-state index in [0.29, 0.717) is 6.54 Å². The Morgan fingerprint density at radius 2 is 2.27 bits per heavy atom. The number of rotatable bonds is 4. The minimum absolute atomic E-state index is 0.0978. The number of hydrogen-bond acceptors (Lipinski definition) is 3. The molecule has 0 aliphatic carbocycles. The summed E-state index contributed by atoms with van der Waals surface area (Å²) >= 11 is 1.77. The number of imide groups is 1. The van der Waals surface area contributed by atoms with Gasteiger partial charge in [0.25, 0.3) is 0 Å². The smallest absolute Gasteiger partial charge is 0.321 e. The Kier molecular flexibility index (Phi) is 4.45. The van der Waals surface area contributed by atoms with E-state index in [1.54, 1.807) is 16.7 Å². The van der Waals surface area contributed by atoms with Crippen LogP contribution in [0.4, 0.5) is 4.79 Å². The fourth-order valence-electron chi connectivity index (χ4n) is 1.59. The molecule has 0 spiro atoms. The van der Waals surface area contributed by atoms with Crippen LogP contribution in [0.3, 0.4) is 0 Å². The van der Waals surface area contributed by atoms with Crippen molar-refractivity contribution in [2.45, 2.75) is 26.3 Å². The summed E-state index contributed by atoms with van der Waals surface area (Å²) in [5, 5.41) is 2.38. The Morgan fingerprint density at radius 3 is 2.87 bits per heavy atom. The molecule has 1 aliphatic heterocycles. The van der Waals surface area contributed by atoms with Gasteiger partial charge in [-0.3, -0.25) is 10.1 Å². The summed E-state index contributed by atoms with van der Waals surface area (Å²) in [4.78, 5) is 24.5. The van der Waals surface area contributed by atoms with Crippen LogP contribution in [0.15, 0.2) is 0 Å². The van der Waals surface area contributed by atoms with Gasteiger partial charge < -0.3 is 4.90 Å². The second kappa shape index (κ2) is 5.39. The predicted molar refractivity (Wildman–Crippen MR) is 61.9 cm³/mol. The first kappa shape index (κ1) is 12.4. The normalized spacial score (nSPS) is 23.9. The van der Waals surface area contributed by atoms with E-state index in [2.05, 4.69) is 11.6 Å². The molecule has 15 heavy (non-hydrogen) atoms. The largest absolute Gasteiger partial charge is 0.324 e. The molecular formula is C10H18N2O2S. The molecule has 1 aliphatic rings. The van der Waals surface area contributed by atoms with Crippen molar-refractivity contribution in [2.24, 2.45) is 5.92 Å². The minimum Gasteiger partial charge on any atom is -0.321 e. The number of carbonyl (C=O) groups is 2. The fourth-order valence-corrected chi connectivity index (χ4v) is 2.16. The van der Waals surface area contributed by atoms with Crippen LogP contribution in [0.2, 0.25) is 0 Å². The number of urea groups is 1. The number of nitrogens with zero attached hydrogens (tertiary/aromatic N) is 1. The van der Waals surface area contributed by atoms with Crippen molar-refractivity contribution in [1.82, 2.24) is 10.2 Å². The average Bonchev–Trinajstić information content (AvgIpc) is 2.20. The molecule has 2 unspecified atom stereocenters. The van der Waals surface area contributed by atoms with Gasteiger partial charge in [0.2, 0.25) is 5.91 Å². The van der Waals surface area contributed by atoms with Crippen molar-refractivity contribution in [2.75, 3.05) is 18.6 Å². The molecule has 1 rings (SSSR count). The third kappa shape index (κ3) is 3.12. The van der Waals surface area contributed by atoms with Crippen molar-refractivity contribution >= 4 is 23.7 Å². The van der Waals surface area contributed by atoms with Crippen molar-refractivity contribution in [3.05, 3.63) is 0 Å². The number of amides is 3. The standard InChI is InChI=1S/C10H18N2O2S/c1-7-6-12(8(2)4-5-15-3)10(14)11-9(7)13/h7-8H,4-6H2,1-3H3,(H,11,13,14). The molecule has 5 heteroatoms. The molecule has 1 heterocycles. The van der Waals surface area contributed by atoms with Crippen LogP contribution in [0.5, 0.6) is 0 Å². The lowest BCUT2D eigenvalue weighted by atomic mass is 10.1. The molecule has 0 aromatic carbocycles. The molecule has 0 radical (unpaired) electrons. The Balaban J connectivity index is 2.53. The Labute approximate surface area is 94.8 Å². The first-order valence-corrected chi connectivity index (χ1v) is 6.56. The molecule has 2 atom stereocenters. The lowest BCUT2D eigenvalue weighted by Crippen LogP contribution is -2.56. The zero-order chi connectivity index (χ0) is 11.4. The van der Waals surface area contributed by atoms with E-state index in [1.165, 1.54) is 0 Å². The monoisotopic (exact) mass is 230 g/mol. The van der Waals surface area contributed by atoms with Crippen molar-refractivity contribution in [1.29, 1.82) is 0 Å². The third-order valence-corrected chi connectivity index (χ3v) is 3.32. The number of thioether (sulfide) groups is 1. The quantitative estimate of drug-likeness (QED) is 0.792. The molecule has 86 valence electrons. The molecule has 3 amide bonds. The lowest BCUT2D eigenvalue weighted by Gasteiger charge is -2.34. The van der Waals surface area contributed by atoms with Crippen molar-refractivity contribution < 1.29 is 9.59 Å². The molecule has 1 N–H and O–H groups in total. The number of carbonyl (C=O) groups excluding carboxylic acids is 2. The van der Waals surface area contributed by atoms with E-state index >= 15 is 0 Å². The van der Waals surface area contributed by atoms with E-state index in [4.69, 9.17) is 0 Å². The summed E-state index contributed by atoms with van der Waals surface area (Å²) in [6.45, 7) is 4.41. The Hall–Kier alpha value is -0.710. The van der Waals surface area contributed by atoms with Gasteiger partial charge in [-0.15, -0.1) is 0 Å². The average molecular weight is 230 g/mol. The van der Waals surface area contributed by atoms with Crippen LogP contribution in [0, 0.1) is 5.92 Å². The summed E-state index contributed by atoms with van der Waals surface area (Å²) in [7, 11) is 0. The van der Waals surface area contributed by atoms with E-state index in [1.807, 2.05) is 13.8 Å². The molecular weight excluding hydrogens is 212 g/mol. The zero-order valence-corrected chi connectivity index (χ0v) is 10.3. The maximum atomic E-state index is 11.5. The Morgan fingerprint density at radius 1 is 1.60 bits per heavy atom. The summed E-state index contributed by atoms with van der Waals surface area (Å²) in [5.74, 6) is 0.778. The molecule has 1 saturated heterocycles. The highest BCUT2D eigenvalue weighted by molar-refractivity contribution is 7.98.